The number of carboxylic acids is 1. The van der Waals surface area contributed by atoms with Gasteiger partial charge in [-0.2, -0.15) is 0 Å². The predicted molar refractivity (Wildman–Crippen MR) is 75.7 cm³/mol. The molecule has 108 valence electrons. The standard InChI is InChI=1S/C14H17NO4S/c16-14(17)11-7-10-3-1-2-4-13(10)15(8-11)12-5-6-20(18,19)9-12/h1-4,11-12H,5-9H2,(H,16,17). The van der Waals surface area contributed by atoms with Crippen molar-refractivity contribution in [3.05, 3.63) is 29.8 Å². The molecule has 2 heterocycles. The van der Waals surface area contributed by atoms with Crippen molar-refractivity contribution in [1.82, 2.24) is 0 Å². The number of rotatable bonds is 2. The predicted octanol–water partition coefficient (Wildman–Crippen LogP) is 0.937. The molecular weight excluding hydrogens is 278 g/mol. The first-order valence-electron chi connectivity index (χ1n) is 6.74. The van der Waals surface area contributed by atoms with E-state index in [9.17, 15) is 18.3 Å². The summed E-state index contributed by atoms with van der Waals surface area (Å²) in [4.78, 5) is 13.3. The number of aliphatic carboxylic acids is 1. The van der Waals surface area contributed by atoms with Gasteiger partial charge in [0.2, 0.25) is 0 Å². The molecule has 1 N–H and O–H groups in total. The first-order valence-corrected chi connectivity index (χ1v) is 8.56. The third kappa shape index (κ3) is 2.40. The number of carbonyl (C=O) groups is 1. The number of sulfone groups is 1. The topological polar surface area (TPSA) is 74.7 Å². The lowest BCUT2D eigenvalue weighted by Gasteiger charge is -2.38. The lowest BCUT2D eigenvalue weighted by molar-refractivity contribution is -0.141. The smallest absolute Gasteiger partial charge is 0.308 e. The van der Waals surface area contributed by atoms with Gasteiger partial charge < -0.3 is 10.0 Å². The number of carboxylic acid groups (broad SMARTS) is 1. The highest BCUT2D eigenvalue weighted by Crippen LogP contribution is 2.33. The molecule has 0 aromatic heterocycles. The molecule has 1 saturated heterocycles. The van der Waals surface area contributed by atoms with Gasteiger partial charge in [-0.25, -0.2) is 8.42 Å². The fraction of sp³-hybridized carbons (Fsp3) is 0.500. The molecule has 5 nitrogen and oxygen atoms in total. The van der Waals surface area contributed by atoms with Crippen LogP contribution in [0.4, 0.5) is 5.69 Å². The Morgan fingerprint density at radius 3 is 2.70 bits per heavy atom. The molecule has 2 atom stereocenters. The van der Waals surface area contributed by atoms with Gasteiger partial charge in [-0.15, -0.1) is 0 Å². The third-order valence-corrected chi connectivity index (χ3v) is 5.93. The van der Waals surface area contributed by atoms with E-state index in [0.717, 1.165) is 11.3 Å². The van der Waals surface area contributed by atoms with E-state index in [1.165, 1.54) is 0 Å². The van der Waals surface area contributed by atoms with Gasteiger partial charge in [-0.3, -0.25) is 4.79 Å². The summed E-state index contributed by atoms with van der Waals surface area (Å²) in [5.74, 6) is -0.944. The van der Waals surface area contributed by atoms with Crippen molar-refractivity contribution in [2.45, 2.75) is 18.9 Å². The molecule has 1 aromatic rings. The Morgan fingerprint density at radius 2 is 2.05 bits per heavy atom. The number of hydrogen-bond acceptors (Lipinski definition) is 4. The van der Waals surface area contributed by atoms with Gasteiger partial charge in [-0.05, 0) is 24.5 Å². The average molecular weight is 295 g/mol. The number of benzene rings is 1. The zero-order valence-electron chi connectivity index (χ0n) is 11.0. The van der Waals surface area contributed by atoms with Gasteiger partial charge in [0, 0.05) is 18.3 Å². The van der Waals surface area contributed by atoms with Crippen LogP contribution in [-0.2, 0) is 21.1 Å². The largest absolute Gasteiger partial charge is 0.481 e. The molecule has 6 heteroatoms. The Labute approximate surface area is 118 Å². The van der Waals surface area contributed by atoms with Crippen molar-refractivity contribution in [2.75, 3.05) is 23.0 Å². The highest BCUT2D eigenvalue weighted by Gasteiger charge is 2.37. The Kier molecular flexibility index (Phi) is 3.20. The minimum atomic E-state index is -2.97. The molecule has 0 bridgehead atoms. The minimum absolute atomic E-state index is 0.0942. The molecule has 2 aliphatic rings. The van der Waals surface area contributed by atoms with E-state index < -0.39 is 21.7 Å². The second kappa shape index (κ2) is 4.77. The number of nitrogens with zero attached hydrogens (tertiary/aromatic N) is 1. The highest BCUT2D eigenvalue weighted by atomic mass is 32.2. The normalized spacial score (nSPS) is 28.1. The van der Waals surface area contributed by atoms with Crippen LogP contribution < -0.4 is 4.90 Å². The van der Waals surface area contributed by atoms with E-state index in [2.05, 4.69) is 0 Å². The van der Waals surface area contributed by atoms with Crippen molar-refractivity contribution in [1.29, 1.82) is 0 Å². The number of anilines is 1. The van der Waals surface area contributed by atoms with Crippen LogP contribution in [0.15, 0.2) is 24.3 Å². The number of para-hydroxylation sites is 1. The van der Waals surface area contributed by atoms with Crippen LogP contribution in [0.25, 0.3) is 0 Å². The van der Waals surface area contributed by atoms with Gasteiger partial charge in [-0.1, -0.05) is 18.2 Å². The van der Waals surface area contributed by atoms with E-state index in [1.54, 1.807) is 0 Å². The molecule has 2 aliphatic heterocycles. The molecule has 0 amide bonds. The number of hydrogen-bond donors (Lipinski definition) is 1. The van der Waals surface area contributed by atoms with E-state index in [4.69, 9.17) is 0 Å². The van der Waals surface area contributed by atoms with Crippen LogP contribution in [0.2, 0.25) is 0 Å². The van der Waals surface area contributed by atoms with E-state index >= 15 is 0 Å². The van der Waals surface area contributed by atoms with Gasteiger partial charge >= 0.3 is 5.97 Å². The lowest BCUT2D eigenvalue weighted by atomic mass is 9.91. The fourth-order valence-electron chi connectivity index (χ4n) is 3.16. The Morgan fingerprint density at radius 1 is 1.30 bits per heavy atom. The maximum absolute atomic E-state index is 11.7. The Bertz CT molecular complexity index is 640. The van der Waals surface area contributed by atoms with Gasteiger partial charge in [0.15, 0.2) is 9.84 Å². The SMILES string of the molecule is O=C(O)C1Cc2ccccc2N(C2CCS(=O)(=O)C2)C1. The monoisotopic (exact) mass is 295 g/mol. The quantitative estimate of drug-likeness (QED) is 0.879. The molecule has 20 heavy (non-hydrogen) atoms. The summed E-state index contributed by atoms with van der Waals surface area (Å²) in [7, 11) is -2.97. The maximum atomic E-state index is 11.7. The molecule has 0 saturated carbocycles. The molecule has 1 aromatic carbocycles. The van der Waals surface area contributed by atoms with Crippen molar-refractivity contribution in [3.63, 3.8) is 0 Å². The first kappa shape index (κ1) is 13.4. The summed E-state index contributed by atoms with van der Waals surface area (Å²) in [5, 5.41) is 9.28. The van der Waals surface area contributed by atoms with Crippen molar-refractivity contribution >= 4 is 21.5 Å². The van der Waals surface area contributed by atoms with Crippen LogP contribution in [0, 0.1) is 5.92 Å². The lowest BCUT2D eigenvalue weighted by Crippen LogP contribution is -2.45. The summed E-state index contributed by atoms with van der Waals surface area (Å²) in [6.45, 7) is 0.395. The Hall–Kier alpha value is -1.56. The summed E-state index contributed by atoms with van der Waals surface area (Å²) in [5.41, 5.74) is 1.99. The summed E-state index contributed by atoms with van der Waals surface area (Å²) in [6.07, 6.45) is 1.10. The van der Waals surface area contributed by atoms with Crippen LogP contribution in [0.1, 0.15) is 12.0 Å². The summed E-state index contributed by atoms with van der Waals surface area (Å²) < 4.78 is 23.3. The third-order valence-electron chi connectivity index (χ3n) is 4.18. The zero-order valence-corrected chi connectivity index (χ0v) is 11.8. The van der Waals surface area contributed by atoms with Crippen molar-refractivity contribution in [3.8, 4) is 0 Å². The second-order valence-corrected chi connectivity index (χ2v) is 7.81. The molecule has 0 spiro atoms. The van der Waals surface area contributed by atoms with Crippen LogP contribution in [-0.4, -0.2) is 43.6 Å². The molecule has 3 rings (SSSR count). The minimum Gasteiger partial charge on any atom is -0.481 e. The number of fused-ring (bicyclic) bond motifs is 1. The highest BCUT2D eigenvalue weighted by molar-refractivity contribution is 7.91. The second-order valence-electron chi connectivity index (χ2n) is 5.58. The molecule has 0 radical (unpaired) electrons. The summed E-state index contributed by atoms with van der Waals surface area (Å²) in [6, 6.07) is 7.60. The molecule has 1 fully saturated rings. The maximum Gasteiger partial charge on any atom is 0.308 e. The zero-order chi connectivity index (χ0) is 14.3. The Balaban J connectivity index is 1.95. The summed E-state index contributed by atoms with van der Waals surface area (Å²) >= 11 is 0. The van der Waals surface area contributed by atoms with Gasteiger partial charge in [0.1, 0.15) is 0 Å². The molecular formula is C14H17NO4S. The van der Waals surface area contributed by atoms with E-state index in [1.807, 2.05) is 29.2 Å². The average Bonchev–Trinajstić information content (AvgIpc) is 2.77. The van der Waals surface area contributed by atoms with Crippen LogP contribution in [0.3, 0.4) is 0 Å². The van der Waals surface area contributed by atoms with Crippen molar-refractivity contribution < 1.29 is 18.3 Å². The van der Waals surface area contributed by atoms with Crippen molar-refractivity contribution in [2.24, 2.45) is 5.92 Å². The van der Waals surface area contributed by atoms with Crippen LogP contribution in [0.5, 0.6) is 0 Å². The van der Waals surface area contributed by atoms with Crippen LogP contribution >= 0.6 is 0 Å². The first-order chi connectivity index (χ1) is 9.46. The molecule has 2 unspecified atom stereocenters. The van der Waals surface area contributed by atoms with E-state index in [-0.39, 0.29) is 17.5 Å². The molecule has 0 aliphatic carbocycles. The fourth-order valence-corrected chi connectivity index (χ4v) is 4.89. The van der Waals surface area contributed by atoms with E-state index in [0.29, 0.717) is 19.4 Å². The van der Waals surface area contributed by atoms with Gasteiger partial charge in [0.25, 0.3) is 0 Å². The van der Waals surface area contributed by atoms with Gasteiger partial charge in [0.05, 0.1) is 17.4 Å².